The van der Waals surface area contributed by atoms with Crippen LogP contribution in [0.5, 0.6) is 0 Å². The van der Waals surface area contributed by atoms with Crippen molar-refractivity contribution in [2.24, 2.45) is 5.73 Å². The molecule has 0 spiro atoms. The van der Waals surface area contributed by atoms with Crippen LogP contribution in [0.15, 0.2) is 44.8 Å². The number of carbonyl (C=O) groups is 2. The summed E-state index contributed by atoms with van der Waals surface area (Å²) < 4.78 is 0. The summed E-state index contributed by atoms with van der Waals surface area (Å²) in [5.41, 5.74) is 5.42. The lowest BCUT2D eigenvalue weighted by Gasteiger charge is -2.12. The summed E-state index contributed by atoms with van der Waals surface area (Å²) in [5.74, 6) is -0.277. The molecular formula is C14H14ClN3O3S2. The molecule has 23 heavy (non-hydrogen) atoms. The van der Waals surface area contributed by atoms with Crippen LogP contribution in [-0.4, -0.2) is 35.3 Å². The second kappa shape index (κ2) is 8.21. The van der Waals surface area contributed by atoms with Gasteiger partial charge in [0.1, 0.15) is 0 Å². The van der Waals surface area contributed by atoms with Gasteiger partial charge >= 0.3 is 6.03 Å². The number of nitrogens with one attached hydrogen (secondary N) is 1. The number of rotatable bonds is 6. The van der Waals surface area contributed by atoms with E-state index >= 15 is 0 Å². The fourth-order valence-electron chi connectivity index (χ4n) is 1.64. The first kappa shape index (κ1) is 17.6. The minimum atomic E-state index is -0.964. The normalized spacial score (nSPS) is 10.3. The molecule has 0 aliphatic rings. The Hall–Kier alpha value is -1.74. The van der Waals surface area contributed by atoms with Gasteiger partial charge in [0.05, 0.1) is 12.1 Å². The van der Waals surface area contributed by atoms with Gasteiger partial charge in [-0.05, 0) is 24.3 Å². The lowest BCUT2D eigenvalue weighted by atomic mass is 10.3. The van der Waals surface area contributed by atoms with Crippen LogP contribution in [0.4, 0.5) is 4.79 Å². The highest BCUT2D eigenvalue weighted by molar-refractivity contribution is 7.99. The SMILES string of the molecule is NC(=O)N(O)CCNC(=O)c1cscc1Sc1ccc(Cl)cc1. The largest absolute Gasteiger partial charge is 0.350 e. The molecule has 0 radical (unpaired) electrons. The number of nitrogens with two attached hydrogens (primary N) is 1. The Labute approximate surface area is 146 Å². The maximum Gasteiger partial charge on any atom is 0.338 e. The van der Waals surface area contributed by atoms with Gasteiger partial charge in [0.25, 0.3) is 5.91 Å². The number of hydrogen-bond donors (Lipinski definition) is 3. The van der Waals surface area contributed by atoms with Gasteiger partial charge in [-0.25, -0.2) is 9.86 Å². The first-order valence-electron chi connectivity index (χ1n) is 6.51. The maximum absolute atomic E-state index is 12.2. The summed E-state index contributed by atoms with van der Waals surface area (Å²) in [7, 11) is 0. The summed E-state index contributed by atoms with van der Waals surface area (Å²) in [5, 5.41) is 16.4. The molecule has 0 atom stereocenters. The predicted octanol–water partition coefficient (Wildman–Crippen LogP) is 3.05. The van der Waals surface area contributed by atoms with E-state index in [0.717, 1.165) is 9.79 Å². The van der Waals surface area contributed by atoms with Crippen molar-refractivity contribution in [1.29, 1.82) is 0 Å². The second-order valence-electron chi connectivity index (χ2n) is 4.42. The number of carbonyl (C=O) groups excluding carboxylic acids is 2. The summed E-state index contributed by atoms with van der Waals surface area (Å²) in [6.07, 6.45) is 0. The molecular weight excluding hydrogens is 358 g/mol. The third-order valence-corrected chi connectivity index (χ3v) is 4.99. The number of primary amides is 1. The number of urea groups is 1. The van der Waals surface area contributed by atoms with E-state index in [1.165, 1.54) is 23.1 Å². The molecule has 2 rings (SSSR count). The monoisotopic (exact) mass is 371 g/mol. The van der Waals surface area contributed by atoms with E-state index in [2.05, 4.69) is 5.32 Å². The van der Waals surface area contributed by atoms with Crippen LogP contribution < -0.4 is 11.1 Å². The predicted molar refractivity (Wildman–Crippen MR) is 90.3 cm³/mol. The molecule has 1 aromatic carbocycles. The van der Waals surface area contributed by atoms with Crippen LogP contribution >= 0.6 is 34.7 Å². The highest BCUT2D eigenvalue weighted by Crippen LogP contribution is 2.33. The van der Waals surface area contributed by atoms with Crippen LogP contribution in [0, 0.1) is 0 Å². The third-order valence-electron chi connectivity index (χ3n) is 2.78. The molecule has 9 heteroatoms. The van der Waals surface area contributed by atoms with Gasteiger partial charge in [-0.3, -0.25) is 10.0 Å². The van der Waals surface area contributed by atoms with Gasteiger partial charge in [-0.2, -0.15) is 11.3 Å². The third kappa shape index (κ3) is 5.14. The molecule has 3 amide bonds. The molecule has 0 aliphatic carbocycles. The zero-order valence-electron chi connectivity index (χ0n) is 11.9. The van der Waals surface area contributed by atoms with E-state index in [-0.39, 0.29) is 19.0 Å². The van der Waals surface area contributed by atoms with Crippen LogP contribution in [0.1, 0.15) is 10.4 Å². The summed E-state index contributed by atoms with van der Waals surface area (Å²) in [6.45, 7) is 0.0179. The number of thiophene rings is 1. The zero-order valence-corrected chi connectivity index (χ0v) is 14.2. The van der Waals surface area contributed by atoms with Crippen molar-refractivity contribution < 1.29 is 14.8 Å². The Bertz CT molecular complexity index is 691. The minimum Gasteiger partial charge on any atom is -0.350 e. The summed E-state index contributed by atoms with van der Waals surface area (Å²) in [6, 6.07) is 6.37. The summed E-state index contributed by atoms with van der Waals surface area (Å²) in [4.78, 5) is 24.6. The minimum absolute atomic E-state index is 0.0785. The van der Waals surface area contributed by atoms with Crippen molar-refractivity contribution in [3.8, 4) is 0 Å². The summed E-state index contributed by atoms with van der Waals surface area (Å²) >= 11 is 8.73. The molecule has 0 saturated carbocycles. The standard InChI is InChI=1S/C14H14ClN3O3S2/c15-9-1-3-10(4-2-9)23-12-8-22-7-11(12)13(19)17-5-6-18(21)14(16)20/h1-4,7-8,21H,5-6H2,(H2,16,20)(H,17,19). The lowest BCUT2D eigenvalue weighted by Crippen LogP contribution is -2.39. The average molecular weight is 372 g/mol. The number of nitrogens with zero attached hydrogens (tertiary/aromatic N) is 1. The number of halogens is 1. The van der Waals surface area contributed by atoms with E-state index in [9.17, 15) is 9.59 Å². The van der Waals surface area contributed by atoms with Gasteiger partial charge in [-0.1, -0.05) is 23.4 Å². The van der Waals surface area contributed by atoms with E-state index in [0.29, 0.717) is 15.6 Å². The first-order valence-corrected chi connectivity index (χ1v) is 8.64. The molecule has 0 unspecified atom stereocenters. The van der Waals surface area contributed by atoms with E-state index < -0.39 is 6.03 Å². The average Bonchev–Trinajstić information content (AvgIpc) is 2.97. The highest BCUT2D eigenvalue weighted by Gasteiger charge is 2.14. The number of hydroxylamine groups is 2. The second-order valence-corrected chi connectivity index (χ2v) is 6.72. The van der Waals surface area contributed by atoms with Crippen LogP contribution in [0.3, 0.4) is 0 Å². The zero-order chi connectivity index (χ0) is 16.8. The Kier molecular flexibility index (Phi) is 6.28. The number of benzene rings is 1. The topological polar surface area (TPSA) is 95.7 Å². The van der Waals surface area contributed by atoms with Crippen molar-refractivity contribution in [2.45, 2.75) is 9.79 Å². The molecule has 1 heterocycles. The first-order chi connectivity index (χ1) is 11.0. The number of hydrogen-bond acceptors (Lipinski definition) is 5. The van der Waals surface area contributed by atoms with Crippen molar-refractivity contribution in [1.82, 2.24) is 10.4 Å². The quantitative estimate of drug-likeness (QED) is 0.537. The molecule has 6 nitrogen and oxygen atoms in total. The van der Waals surface area contributed by atoms with E-state index in [4.69, 9.17) is 22.5 Å². The molecule has 1 aromatic heterocycles. The van der Waals surface area contributed by atoms with Gasteiger partial charge in [-0.15, -0.1) is 0 Å². The van der Waals surface area contributed by atoms with Crippen LogP contribution in [0.2, 0.25) is 5.02 Å². The van der Waals surface area contributed by atoms with E-state index in [1.807, 2.05) is 17.5 Å². The molecule has 0 bridgehead atoms. The van der Waals surface area contributed by atoms with Gasteiger partial charge in [0.15, 0.2) is 0 Å². The fourth-order valence-corrected chi connectivity index (χ4v) is 3.68. The Balaban J connectivity index is 1.95. The Morgan fingerprint density at radius 2 is 2.00 bits per heavy atom. The van der Waals surface area contributed by atoms with Crippen LogP contribution in [0.25, 0.3) is 0 Å². The highest BCUT2D eigenvalue weighted by atomic mass is 35.5. The Morgan fingerprint density at radius 1 is 1.30 bits per heavy atom. The maximum atomic E-state index is 12.2. The van der Waals surface area contributed by atoms with E-state index in [1.54, 1.807) is 17.5 Å². The van der Waals surface area contributed by atoms with Gasteiger partial charge < -0.3 is 11.1 Å². The fraction of sp³-hybridized carbons (Fsp3) is 0.143. The molecule has 0 saturated heterocycles. The molecule has 0 aliphatic heterocycles. The van der Waals surface area contributed by atoms with Crippen LogP contribution in [-0.2, 0) is 0 Å². The van der Waals surface area contributed by atoms with Crippen molar-refractivity contribution in [3.05, 3.63) is 45.6 Å². The smallest absolute Gasteiger partial charge is 0.338 e. The van der Waals surface area contributed by atoms with Crippen molar-refractivity contribution in [2.75, 3.05) is 13.1 Å². The molecule has 4 N–H and O–H groups in total. The number of amides is 3. The van der Waals surface area contributed by atoms with Crippen molar-refractivity contribution in [3.63, 3.8) is 0 Å². The lowest BCUT2D eigenvalue weighted by molar-refractivity contribution is -0.0376. The molecule has 122 valence electrons. The Morgan fingerprint density at radius 3 is 2.65 bits per heavy atom. The van der Waals surface area contributed by atoms with Gasteiger partial charge in [0.2, 0.25) is 0 Å². The molecule has 0 fully saturated rings. The van der Waals surface area contributed by atoms with Gasteiger partial charge in [0, 0.05) is 32.1 Å². The molecule has 2 aromatic rings. The van der Waals surface area contributed by atoms with Crippen molar-refractivity contribution >= 4 is 46.6 Å².